The molecule has 0 aliphatic rings. The van der Waals surface area contributed by atoms with Crippen LogP contribution in [0.25, 0.3) is 0 Å². The van der Waals surface area contributed by atoms with E-state index in [1.807, 2.05) is 0 Å². The smallest absolute Gasteiger partial charge is 0.822 e. The molecule has 0 radical (unpaired) electrons. The molecule has 0 saturated heterocycles. The second-order valence-electron chi connectivity index (χ2n) is 0.894. The molecule has 0 bridgehead atoms. The third-order valence-electron chi connectivity index (χ3n) is 0. The van der Waals surface area contributed by atoms with E-state index in [-0.39, 0.29) is 96.5 Å². The third-order valence-corrected chi connectivity index (χ3v) is 0. The average Bonchev–Trinajstić information content (AvgIpc) is 1.12. The monoisotopic (exact) mass is 352 g/mol. The molecular weight excluding hydrogens is 343 g/mol. The molecular formula is H10Mg3O13P2. The summed E-state index contributed by atoms with van der Waals surface area (Å²) in [6, 6.07) is 0. The van der Waals surface area contributed by atoms with E-state index in [2.05, 4.69) is 0 Å². The summed E-state index contributed by atoms with van der Waals surface area (Å²) in [6.45, 7) is 0. The summed E-state index contributed by atoms with van der Waals surface area (Å²) < 4.78 is 17.1. The van der Waals surface area contributed by atoms with Gasteiger partial charge >= 0.3 is 69.2 Å². The van der Waals surface area contributed by atoms with E-state index in [9.17, 15) is 0 Å². The summed E-state index contributed by atoms with van der Waals surface area (Å²) >= 11 is 0. The van der Waals surface area contributed by atoms with Crippen molar-refractivity contribution in [2.75, 3.05) is 0 Å². The van der Waals surface area contributed by atoms with E-state index in [1.54, 1.807) is 0 Å². The molecule has 0 aromatic rings. The second-order valence-corrected chi connectivity index (χ2v) is 2.68. The Morgan fingerprint density at radius 1 is 0.444 bits per heavy atom. The summed E-state index contributed by atoms with van der Waals surface area (Å²) in [6.07, 6.45) is 0. The summed E-state index contributed by atoms with van der Waals surface area (Å²) in [5, 5.41) is 0. The van der Waals surface area contributed by atoms with Gasteiger partial charge in [0.2, 0.25) is 0 Å². The molecule has 0 rings (SSSR count). The molecule has 0 spiro atoms. The molecule has 0 aromatic heterocycles. The van der Waals surface area contributed by atoms with Gasteiger partial charge in [0, 0.05) is 0 Å². The van der Waals surface area contributed by atoms with E-state index < -0.39 is 15.6 Å². The van der Waals surface area contributed by atoms with Crippen molar-refractivity contribution in [3.8, 4) is 0 Å². The molecule has 18 heteroatoms. The Kier molecular flexibility index (Phi) is 125. The van der Waals surface area contributed by atoms with Gasteiger partial charge in [-0.15, -0.1) is 0 Å². The molecule has 104 valence electrons. The molecule has 0 saturated carbocycles. The molecule has 0 unspecified atom stereocenters. The Bertz CT molecular complexity index is 133. The largest absolute Gasteiger partial charge is 2.00 e. The van der Waals surface area contributed by atoms with Gasteiger partial charge in [-0.3, -0.25) is 0 Å². The number of phosphoric acid groups is 2. The van der Waals surface area contributed by atoms with E-state index in [4.69, 9.17) is 38.5 Å². The molecule has 0 heterocycles. The first-order chi connectivity index (χ1) is 4.00. The molecule has 0 atom stereocenters. The van der Waals surface area contributed by atoms with Crippen molar-refractivity contribution >= 4 is 84.8 Å². The SMILES string of the molecule is O.O.O.O.O.O=P([O-])([O-])[O-].O=P([O-])([O-])[O-].[Mg+2].[Mg+2].[Mg+2]. The standard InChI is InChI=1S/3Mg.2H3O4P.5H2O/c;;;2*1-5(2,3)4;;;;;/h;;;2*(H3,1,2,3,4);5*1H2/q3*+2;;;;;;;/p-6. The van der Waals surface area contributed by atoms with E-state index in [0.29, 0.717) is 0 Å². The fourth-order valence-corrected chi connectivity index (χ4v) is 0. The van der Waals surface area contributed by atoms with E-state index in [0.717, 1.165) is 0 Å². The van der Waals surface area contributed by atoms with Crippen LogP contribution in [0.4, 0.5) is 0 Å². The number of hydrogen-bond donors (Lipinski definition) is 0. The van der Waals surface area contributed by atoms with Crippen LogP contribution in [0.15, 0.2) is 0 Å². The topological polar surface area (TPSA) is 330 Å². The fraction of sp³-hybridized carbons (Fsp3) is 0. The summed E-state index contributed by atoms with van der Waals surface area (Å²) in [5.74, 6) is 0. The third kappa shape index (κ3) is 1020. The van der Waals surface area contributed by atoms with Crippen LogP contribution < -0.4 is 29.4 Å². The van der Waals surface area contributed by atoms with Crippen molar-refractivity contribution < 1.29 is 65.9 Å². The van der Waals surface area contributed by atoms with Gasteiger partial charge in [0.1, 0.15) is 0 Å². The van der Waals surface area contributed by atoms with Gasteiger partial charge in [-0.1, -0.05) is 0 Å². The summed E-state index contributed by atoms with van der Waals surface area (Å²) in [4.78, 5) is 51.3. The van der Waals surface area contributed by atoms with Gasteiger partial charge in [0.25, 0.3) is 0 Å². The van der Waals surface area contributed by atoms with Gasteiger partial charge in [-0.05, 0) is 0 Å². The van der Waals surface area contributed by atoms with Crippen LogP contribution in [0.1, 0.15) is 0 Å². The first-order valence-electron chi connectivity index (χ1n) is 1.46. The van der Waals surface area contributed by atoms with Crippen LogP contribution in [0.5, 0.6) is 0 Å². The summed E-state index contributed by atoms with van der Waals surface area (Å²) in [7, 11) is -10.8. The molecule has 0 aromatic carbocycles. The molecule has 0 fully saturated rings. The predicted molar refractivity (Wildman–Crippen MR) is 50.5 cm³/mol. The molecule has 13 nitrogen and oxygen atoms in total. The maximum Gasteiger partial charge on any atom is 2.00 e. The first kappa shape index (κ1) is 71.2. The zero-order valence-corrected chi connectivity index (χ0v) is 14.8. The number of hydrogen-bond acceptors (Lipinski definition) is 8. The van der Waals surface area contributed by atoms with Crippen LogP contribution in [0, 0.1) is 0 Å². The maximum absolute atomic E-state index is 8.55. The van der Waals surface area contributed by atoms with Crippen LogP contribution >= 0.6 is 15.6 Å². The van der Waals surface area contributed by atoms with E-state index in [1.165, 1.54) is 0 Å². The van der Waals surface area contributed by atoms with Gasteiger partial charge < -0.3 is 65.9 Å². The molecule has 0 aliphatic carbocycles. The van der Waals surface area contributed by atoms with Crippen LogP contribution in [0.2, 0.25) is 0 Å². The minimum Gasteiger partial charge on any atom is -0.822 e. The van der Waals surface area contributed by atoms with Gasteiger partial charge in [0.05, 0.1) is 0 Å². The molecule has 0 amide bonds. The van der Waals surface area contributed by atoms with Crippen molar-refractivity contribution in [1.82, 2.24) is 0 Å². The van der Waals surface area contributed by atoms with Crippen LogP contribution in [-0.4, -0.2) is 96.5 Å². The Morgan fingerprint density at radius 2 is 0.444 bits per heavy atom. The Labute approximate surface area is 149 Å². The Morgan fingerprint density at radius 3 is 0.444 bits per heavy atom. The first-order valence-corrected chi connectivity index (χ1v) is 4.38. The van der Waals surface area contributed by atoms with Crippen molar-refractivity contribution in [2.45, 2.75) is 0 Å². The maximum atomic E-state index is 8.55. The zero-order valence-electron chi connectivity index (χ0n) is 8.78. The zero-order chi connectivity index (χ0) is 9.00. The van der Waals surface area contributed by atoms with E-state index >= 15 is 0 Å². The molecule has 10 N–H and O–H groups in total. The number of rotatable bonds is 0. The van der Waals surface area contributed by atoms with Crippen molar-refractivity contribution in [3.63, 3.8) is 0 Å². The van der Waals surface area contributed by atoms with Crippen molar-refractivity contribution in [2.24, 2.45) is 0 Å². The average molecular weight is 353 g/mol. The molecule has 0 aliphatic heterocycles. The quantitative estimate of drug-likeness (QED) is 0.296. The molecule has 18 heavy (non-hydrogen) atoms. The van der Waals surface area contributed by atoms with Crippen LogP contribution in [-0.2, 0) is 9.13 Å². The van der Waals surface area contributed by atoms with Crippen molar-refractivity contribution in [3.05, 3.63) is 0 Å². The van der Waals surface area contributed by atoms with Crippen molar-refractivity contribution in [1.29, 1.82) is 0 Å². The van der Waals surface area contributed by atoms with Gasteiger partial charge in [-0.2, -0.15) is 15.6 Å². The second kappa shape index (κ2) is 31.6. The summed E-state index contributed by atoms with van der Waals surface area (Å²) in [5.41, 5.74) is 0. The van der Waals surface area contributed by atoms with Crippen LogP contribution in [0.3, 0.4) is 0 Å². The predicted octanol–water partition coefficient (Wildman–Crippen LogP) is -10.9. The minimum atomic E-state index is -5.39. The minimum absolute atomic E-state index is 0. The normalized spacial score (nSPS) is 6.56. The Hall–Kier alpha value is 2.32. The fourth-order valence-electron chi connectivity index (χ4n) is 0. The van der Waals surface area contributed by atoms with Gasteiger partial charge in [-0.25, -0.2) is 0 Å². The van der Waals surface area contributed by atoms with Gasteiger partial charge in [0.15, 0.2) is 0 Å². The Balaban J connectivity index is -0.00000000615.